The van der Waals surface area contributed by atoms with Gasteiger partial charge in [0.15, 0.2) is 5.76 Å². The molecular formula is C22H27N5O3. The fraction of sp³-hybridized carbons (Fsp3) is 0.455. The summed E-state index contributed by atoms with van der Waals surface area (Å²) in [6.45, 7) is 2.03. The second kappa shape index (κ2) is 9.11. The first-order valence-electron chi connectivity index (χ1n) is 10.7. The first kappa shape index (κ1) is 20.1. The van der Waals surface area contributed by atoms with Crippen molar-refractivity contribution in [2.24, 2.45) is 5.92 Å². The summed E-state index contributed by atoms with van der Waals surface area (Å²) in [6, 6.07) is 6.80. The van der Waals surface area contributed by atoms with E-state index in [4.69, 9.17) is 4.42 Å². The van der Waals surface area contributed by atoms with E-state index in [0.29, 0.717) is 41.7 Å². The molecule has 0 spiro atoms. The standard InChI is InChI=1S/C22H27N5O3/c1-2-7-16-13-21(29)25-22(23-16)27-19(14-17(26-27)18-10-6-11-30-18)24-20(28)12-15-8-4-3-5-9-15/h6,10-11,13-15H,2-5,7-9,12H2,1H3,(H,24,28)(H,23,25,29). The summed E-state index contributed by atoms with van der Waals surface area (Å²) in [5, 5.41) is 7.51. The molecule has 0 saturated heterocycles. The zero-order chi connectivity index (χ0) is 20.9. The van der Waals surface area contributed by atoms with Crippen LogP contribution in [0, 0.1) is 5.92 Å². The number of nitrogens with one attached hydrogen (secondary N) is 2. The van der Waals surface area contributed by atoms with Gasteiger partial charge in [0, 0.05) is 24.2 Å². The maximum atomic E-state index is 12.7. The molecule has 1 aliphatic carbocycles. The zero-order valence-corrected chi connectivity index (χ0v) is 17.2. The summed E-state index contributed by atoms with van der Waals surface area (Å²) in [6.07, 6.45) is 9.44. The Morgan fingerprint density at radius 3 is 2.87 bits per heavy atom. The number of furan rings is 1. The molecule has 158 valence electrons. The van der Waals surface area contributed by atoms with Crippen LogP contribution in [0.3, 0.4) is 0 Å². The predicted octanol–water partition coefficient (Wildman–Crippen LogP) is 4.08. The highest BCUT2D eigenvalue weighted by atomic mass is 16.3. The number of aromatic amines is 1. The molecule has 0 aromatic carbocycles. The Morgan fingerprint density at radius 2 is 2.13 bits per heavy atom. The van der Waals surface area contributed by atoms with E-state index >= 15 is 0 Å². The number of nitrogens with zero attached hydrogens (tertiary/aromatic N) is 3. The van der Waals surface area contributed by atoms with E-state index in [1.54, 1.807) is 24.5 Å². The Bertz CT molecular complexity index is 1050. The fourth-order valence-corrected chi connectivity index (χ4v) is 4.00. The van der Waals surface area contributed by atoms with Gasteiger partial charge in [-0.05, 0) is 37.3 Å². The van der Waals surface area contributed by atoms with E-state index in [-0.39, 0.29) is 17.4 Å². The number of aryl methyl sites for hydroxylation is 1. The third-order valence-corrected chi connectivity index (χ3v) is 5.44. The van der Waals surface area contributed by atoms with E-state index < -0.39 is 0 Å². The molecule has 1 saturated carbocycles. The zero-order valence-electron chi connectivity index (χ0n) is 17.2. The van der Waals surface area contributed by atoms with Gasteiger partial charge >= 0.3 is 0 Å². The first-order valence-corrected chi connectivity index (χ1v) is 10.7. The molecule has 4 rings (SSSR count). The molecular weight excluding hydrogens is 382 g/mol. The summed E-state index contributed by atoms with van der Waals surface area (Å²) in [7, 11) is 0. The van der Waals surface area contributed by atoms with Crippen LogP contribution in [-0.2, 0) is 11.2 Å². The van der Waals surface area contributed by atoms with Gasteiger partial charge in [-0.25, -0.2) is 4.98 Å². The van der Waals surface area contributed by atoms with Crippen molar-refractivity contribution >= 4 is 11.7 Å². The molecule has 2 N–H and O–H groups in total. The van der Waals surface area contributed by atoms with Gasteiger partial charge in [0.2, 0.25) is 11.9 Å². The van der Waals surface area contributed by atoms with Gasteiger partial charge in [0.05, 0.1) is 6.26 Å². The highest BCUT2D eigenvalue weighted by Gasteiger charge is 2.20. The molecule has 1 fully saturated rings. The lowest BCUT2D eigenvalue weighted by atomic mass is 9.87. The first-order chi connectivity index (χ1) is 14.6. The molecule has 1 aliphatic rings. The molecule has 0 radical (unpaired) electrons. The van der Waals surface area contributed by atoms with Crippen LogP contribution in [0.4, 0.5) is 5.82 Å². The van der Waals surface area contributed by atoms with E-state index in [1.165, 1.54) is 30.0 Å². The van der Waals surface area contributed by atoms with Gasteiger partial charge in [-0.15, -0.1) is 0 Å². The molecule has 3 aromatic heterocycles. The maximum absolute atomic E-state index is 12.7. The second-order valence-electron chi connectivity index (χ2n) is 7.87. The maximum Gasteiger partial charge on any atom is 0.252 e. The Morgan fingerprint density at radius 1 is 1.30 bits per heavy atom. The minimum Gasteiger partial charge on any atom is -0.463 e. The number of hydrogen-bond acceptors (Lipinski definition) is 5. The number of H-pyrrole nitrogens is 1. The van der Waals surface area contributed by atoms with Gasteiger partial charge in [-0.1, -0.05) is 32.6 Å². The average Bonchev–Trinajstić information content (AvgIpc) is 3.38. The summed E-state index contributed by atoms with van der Waals surface area (Å²) in [4.78, 5) is 32.1. The van der Waals surface area contributed by atoms with Crippen LogP contribution in [-0.4, -0.2) is 25.7 Å². The molecule has 8 nitrogen and oxygen atoms in total. The molecule has 0 aliphatic heterocycles. The lowest BCUT2D eigenvalue weighted by Crippen LogP contribution is -2.21. The Kier molecular flexibility index (Phi) is 6.11. The Balaban J connectivity index is 1.65. The SMILES string of the molecule is CCCc1cc(=O)[nH]c(-n2nc(-c3ccco3)cc2NC(=O)CC2CCCCC2)n1. The van der Waals surface area contributed by atoms with Crippen molar-refractivity contribution in [3.05, 3.63) is 46.6 Å². The predicted molar refractivity (Wildman–Crippen MR) is 113 cm³/mol. The smallest absolute Gasteiger partial charge is 0.252 e. The highest BCUT2D eigenvalue weighted by Crippen LogP contribution is 2.28. The number of hydrogen-bond donors (Lipinski definition) is 2. The van der Waals surface area contributed by atoms with E-state index in [2.05, 4.69) is 20.4 Å². The number of amides is 1. The van der Waals surface area contributed by atoms with Crippen LogP contribution in [0.25, 0.3) is 17.4 Å². The summed E-state index contributed by atoms with van der Waals surface area (Å²) < 4.78 is 6.92. The number of carbonyl (C=O) groups is 1. The van der Waals surface area contributed by atoms with Gasteiger partial charge in [0.1, 0.15) is 11.5 Å². The summed E-state index contributed by atoms with van der Waals surface area (Å²) in [5.41, 5.74) is 0.986. The minimum atomic E-state index is -0.252. The Labute approximate surface area is 174 Å². The van der Waals surface area contributed by atoms with Gasteiger partial charge in [0.25, 0.3) is 5.56 Å². The van der Waals surface area contributed by atoms with Crippen LogP contribution < -0.4 is 10.9 Å². The number of anilines is 1. The largest absolute Gasteiger partial charge is 0.463 e. The van der Waals surface area contributed by atoms with Crippen molar-refractivity contribution < 1.29 is 9.21 Å². The average molecular weight is 409 g/mol. The van der Waals surface area contributed by atoms with E-state index in [9.17, 15) is 9.59 Å². The van der Waals surface area contributed by atoms with Gasteiger partial charge < -0.3 is 9.73 Å². The molecule has 30 heavy (non-hydrogen) atoms. The van der Waals surface area contributed by atoms with Gasteiger partial charge in [-0.2, -0.15) is 9.78 Å². The Hall–Kier alpha value is -3.16. The fourth-order valence-electron chi connectivity index (χ4n) is 4.00. The quantitative estimate of drug-likeness (QED) is 0.612. The molecule has 0 unspecified atom stereocenters. The van der Waals surface area contributed by atoms with Crippen molar-refractivity contribution in [1.82, 2.24) is 19.7 Å². The lowest BCUT2D eigenvalue weighted by Gasteiger charge is -2.20. The van der Waals surface area contributed by atoms with Crippen molar-refractivity contribution in [1.29, 1.82) is 0 Å². The summed E-state index contributed by atoms with van der Waals surface area (Å²) >= 11 is 0. The molecule has 1 amide bonds. The third-order valence-electron chi connectivity index (χ3n) is 5.44. The van der Waals surface area contributed by atoms with E-state index in [1.807, 2.05) is 6.92 Å². The molecule has 8 heteroatoms. The molecule has 0 bridgehead atoms. The van der Waals surface area contributed by atoms with E-state index in [0.717, 1.165) is 19.3 Å². The molecule has 3 heterocycles. The molecule has 0 atom stereocenters. The van der Waals surface area contributed by atoms with Crippen molar-refractivity contribution in [2.75, 3.05) is 5.32 Å². The normalized spacial score (nSPS) is 14.7. The van der Waals surface area contributed by atoms with Gasteiger partial charge in [-0.3, -0.25) is 14.6 Å². The highest BCUT2D eigenvalue weighted by molar-refractivity contribution is 5.90. The number of aromatic nitrogens is 4. The van der Waals surface area contributed by atoms with Crippen molar-refractivity contribution in [2.45, 2.75) is 58.3 Å². The van der Waals surface area contributed by atoms with Crippen LogP contribution in [0.15, 0.2) is 39.7 Å². The third kappa shape index (κ3) is 4.69. The van der Waals surface area contributed by atoms with Crippen LogP contribution >= 0.6 is 0 Å². The second-order valence-corrected chi connectivity index (χ2v) is 7.87. The van der Waals surface area contributed by atoms with Crippen molar-refractivity contribution in [3.8, 4) is 17.4 Å². The number of rotatable bonds is 7. The number of carbonyl (C=O) groups excluding carboxylic acids is 1. The van der Waals surface area contributed by atoms with Crippen LogP contribution in [0.2, 0.25) is 0 Å². The minimum absolute atomic E-state index is 0.0545. The summed E-state index contributed by atoms with van der Waals surface area (Å²) in [5.74, 6) is 1.67. The lowest BCUT2D eigenvalue weighted by molar-refractivity contribution is -0.117. The monoisotopic (exact) mass is 409 g/mol. The van der Waals surface area contributed by atoms with Crippen molar-refractivity contribution in [3.63, 3.8) is 0 Å². The topological polar surface area (TPSA) is 106 Å². The molecule has 3 aromatic rings. The van der Waals surface area contributed by atoms with Crippen LogP contribution in [0.1, 0.15) is 57.6 Å². The van der Waals surface area contributed by atoms with Crippen LogP contribution in [0.5, 0.6) is 0 Å².